The van der Waals surface area contributed by atoms with Crippen molar-refractivity contribution in [1.29, 1.82) is 0 Å². The number of rotatable bonds is 3. The van der Waals surface area contributed by atoms with E-state index in [2.05, 4.69) is 15.0 Å². The molecular weight excluding hydrogens is 236 g/mol. The Labute approximate surface area is 105 Å². The van der Waals surface area contributed by atoms with Crippen LogP contribution in [-0.4, -0.2) is 15.0 Å². The Balaban J connectivity index is 2.17. The van der Waals surface area contributed by atoms with Crippen molar-refractivity contribution in [2.24, 2.45) is 5.73 Å². The highest BCUT2D eigenvalue weighted by Crippen LogP contribution is 2.19. The zero-order chi connectivity index (χ0) is 12.3. The first kappa shape index (κ1) is 12.0. The van der Waals surface area contributed by atoms with Crippen LogP contribution in [0.5, 0.6) is 0 Å². The van der Waals surface area contributed by atoms with Crippen LogP contribution in [0.2, 0.25) is 5.02 Å². The largest absolute Gasteiger partial charge is 0.322 e. The zero-order valence-corrected chi connectivity index (χ0v) is 10.2. The second-order valence-electron chi connectivity index (χ2n) is 3.81. The Hall–Kier alpha value is -1.52. The molecule has 2 heterocycles. The van der Waals surface area contributed by atoms with Gasteiger partial charge in [0.15, 0.2) is 0 Å². The summed E-state index contributed by atoms with van der Waals surface area (Å²) in [4.78, 5) is 12.3. The van der Waals surface area contributed by atoms with Crippen molar-refractivity contribution in [1.82, 2.24) is 15.0 Å². The summed E-state index contributed by atoms with van der Waals surface area (Å²) in [6.45, 7) is 1.84. The lowest BCUT2D eigenvalue weighted by molar-refractivity contribution is 0.687. The van der Waals surface area contributed by atoms with Crippen LogP contribution >= 0.6 is 11.6 Å². The molecule has 0 aliphatic rings. The van der Waals surface area contributed by atoms with Gasteiger partial charge in [0.05, 0.1) is 16.8 Å². The smallest absolute Gasteiger partial charge is 0.125 e. The van der Waals surface area contributed by atoms with E-state index in [1.165, 1.54) is 0 Å². The monoisotopic (exact) mass is 248 g/mol. The maximum absolute atomic E-state index is 6.10. The second kappa shape index (κ2) is 5.21. The van der Waals surface area contributed by atoms with Gasteiger partial charge < -0.3 is 5.73 Å². The summed E-state index contributed by atoms with van der Waals surface area (Å²) in [5.41, 5.74) is 7.90. The summed E-state index contributed by atoms with van der Waals surface area (Å²) >= 11 is 6.04. The molecule has 88 valence electrons. The topological polar surface area (TPSA) is 64.7 Å². The third-order valence-electron chi connectivity index (χ3n) is 2.47. The van der Waals surface area contributed by atoms with Crippen molar-refractivity contribution in [3.8, 4) is 0 Å². The van der Waals surface area contributed by atoms with Crippen molar-refractivity contribution < 1.29 is 0 Å². The molecule has 17 heavy (non-hydrogen) atoms. The zero-order valence-electron chi connectivity index (χ0n) is 9.47. The maximum Gasteiger partial charge on any atom is 0.125 e. The molecule has 0 saturated heterocycles. The van der Waals surface area contributed by atoms with Crippen LogP contribution in [0, 0.1) is 6.92 Å². The molecular formula is C12H13ClN4. The van der Waals surface area contributed by atoms with Gasteiger partial charge in [-0.3, -0.25) is 4.98 Å². The Kier molecular flexibility index (Phi) is 3.66. The highest BCUT2D eigenvalue weighted by molar-refractivity contribution is 6.31. The first-order valence-corrected chi connectivity index (χ1v) is 5.68. The van der Waals surface area contributed by atoms with Crippen LogP contribution in [0.15, 0.2) is 30.7 Å². The lowest BCUT2D eigenvalue weighted by Gasteiger charge is -2.12. The van der Waals surface area contributed by atoms with Gasteiger partial charge in [-0.2, -0.15) is 0 Å². The van der Waals surface area contributed by atoms with Crippen molar-refractivity contribution in [2.75, 3.05) is 0 Å². The lowest BCUT2D eigenvalue weighted by Crippen LogP contribution is -2.15. The van der Waals surface area contributed by atoms with Crippen LogP contribution < -0.4 is 5.73 Å². The van der Waals surface area contributed by atoms with E-state index in [1.54, 1.807) is 18.6 Å². The minimum absolute atomic E-state index is 0.184. The Morgan fingerprint density at radius 3 is 2.88 bits per heavy atom. The van der Waals surface area contributed by atoms with Crippen molar-refractivity contribution in [2.45, 2.75) is 19.4 Å². The average molecular weight is 249 g/mol. The molecule has 0 radical (unpaired) electrons. The van der Waals surface area contributed by atoms with Gasteiger partial charge in [0.25, 0.3) is 0 Å². The molecule has 5 heteroatoms. The number of nitrogens with two attached hydrogens (primary N) is 1. The normalized spacial score (nSPS) is 12.4. The maximum atomic E-state index is 6.10. The lowest BCUT2D eigenvalue weighted by atomic mass is 10.1. The first-order chi connectivity index (χ1) is 8.16. The third-order valence-corrected chi connectivity index (χ3v) is 2.81. The number of aryl methyl sites for hydroxylation is 1. The summed E-state index contributed by atoms with van der Waals surface area (Å²) in [5, 5.41) is 0.633. The van der Waals surface area contributed by atoms with Gasteiger partial charge in [-0.15, -0.1) is 0 Å². The van der Waals surface area contributed by atoms with Crippen LogP contribution in [0.3, 0.4) is 0 Å². The first-order valence-electron chi connectivity index (χ1n) is 5.30. The molecule has 1 unspecified atom stereocenters. The van der Waals surface area contributed by atoms with Gasteiger partial charge in [0, 0.05) is 18.6 Å². The van der Waals surface area contributed by atoms with Gasteiger partial charge in [0.1, 0.15) is 5.82 Å². The van der Waals surface area contributed by atoms with Crippen LogP contribution in [0.25, 0.3) is 0 Å². The summed E-state index contributed by atoms with van der Waals surface area (Å²) in [5.74, 6) is 0.721. The van der Waals surface area contributed by atoms with Gasteiger partial charge in [0.2, 0.25) is 0 Å². The number of nitrogens with zero attached hydrogens (tertiary/aromatic N) is 3. The third kappa shape index (κ3) is 2.99. The molecule has 0 amide bonds. The molecule has 0 saturated carbocycles. The number of hydrogen-bond donors (Lipinski definition) is 1. The highest BCUT2D eigenvalue weighted by atomic mass is 35.5. The van der Waals surface area contributed by atoms with Crippen molar-refractivity contribution in [3.63, 3.8) is 0 Å². The summed E-state index contributed by atoms with van der Waals surface area (Å²) in [6, 6.07) is 3.51. The Bertz CT molecular complexity index is 515. The van der Waals surface area contributed by atoms with E-state index in [9.17, 15) is 0 Å². The molecule has 0 aliphatic heterocycles. The predicted molar refractivity (Wildman–Crippen MR) is 66.6 cm³/mol. The Morgan fingerprint density at radius 2 is 2.18 bits per heavy atom. The molecule has 2 aromatic rings. The van der Waals surface area contributed by atoms with E-state index in [0.717, 1.165) is 17.1 Å². The molecule has 2 aromatic heterocycles. The minimum Gasteiger partial charge on any atom is -0.322 e. The van der Waals surface area contributed by atoms with Crippen LogP contribution in [0.1, 0.15) is 23.1 Å². The highest BCUT2D eigenvalue weighted by Gasteiger charge is 2.11. The van der Waals surface area contributed by atoms with Gasteiger partial charge in [-0.05, 0) is 31.0 Å². The summed E-state index contributed by atoms with van der Waals surface area (Å²) < 4.78 is 0. The van der Waals surface area contributed by atoms with E-state index < -0.39 is 0 Å². The number of aromatic nitrogens is 3. The molecule has 0 spiro atoms. The molecule has 0 aromatic carbocycles. The quantitative estimate of drug-likeness (QED) is 0.903. The van der Waals surface area contributed by atoms with Gasteiger partial charge in [-0.25, -0.2) is 9.97 Å². The van der Waals surface area contributed by atoms with E-state index >= 15 is 0 Å². The molecule has 1 atom stereocenters. The number of hydrogen-bond acceptors (Lipinski definition) is 4. The van der Waals surface area contributed by atoms with E-state index in [1.807, 2.05) is 19.1 Å². The predicted octanol–water partition coefficient (Wildman–Crippen LogP) is 2.08. The van der Waals surface area contributed by atoms with Crippen molar-refractivity contribution in [3.05, 3.63) is 52.8 Å². The van der Waals surface area contributed by atoms with Gasteiger partial charge in [-0.1, -0.05) is 11.6 Å². The molecule has 0 bridgehead atoms. The number of halogens is 1. The fourth-order valence-electron chi connectivity index (χ4n) is 1.59. The average Bonchev–Trinajstić information content (AvgIpc) is 2.32. The van der Waals surface area contributed by atoms with Gasteiger partial charge >= 0.3 is 0 Å². The SMILES string of the molecule is Cc1nccc(C(N)Cc2ccncc2Cl)n1. The fourth-order valence-corrected chi connectivity index (χ4v) is 1.79. The minimum atomic E-state index is -0.184. The standard InChI is InChI=1S/C12H13ClN4/c1-8-16-5-3-12(17-8)11(14)6-9-2-4-15-7-10(9)13/h2-5,7,11H,6,14H2,1H3. The van der Waals surface area contributed by atoms with E-state index in [0.29, 0.717) is 11.4 Å². The van der Waals surface area contributed by atoms with Crippen molar-refractivity contribution >= 4 is 11.6 Å². The molecule has 0 fully saturated rings. The van der Waals surface area contributed by atoms with E-state index in [4.69, 9.17) is 17.3 Å². The van der Waals surface area contributed by atoms with Crippen LogP contribution in [0.4, 0.5) is 0 Å². The summed E-state index contributed by atoms with van der Waals surface area (Å²) in [6.07, 6.45) is 5.68. The fraction of sp³-hybridized carbons (Fsp3) is 0.250. The molecule has 2 rings (SSSR count). The molecule has 0 aliphatic carbocycles. The second-order valence-corrected chi connectivity index (χ2v) is 4.21. The summed E-state index contributed by atoms with van der Waals surface area (Å²) in [7, 11) is 0. The Morgan fingerprint density at radius 1 is 1.35 bits per heavy atom. The van der Waals surface area contributed by atoms with Crippen LogP contribution in [-0.2, 0) is 6.42 Å². The van der Waals surface area contributed by atoms with E-state index in [-0.39, 0.29) is 6.04 Å². The molecule has 4 nitrogen and oxygen atoms in total. The molecule has 2 N–H and O–H groups in total. The number of pyridine rings is 1.